The quantitative estimate of drug-likeness (QED) is 0.463. The highest BCUT2D eigenvalue weighted by Crippen LogP contribution is 2.32. The fourth-order valence-electron chi connectivity index (χ4n) is 1.66. The highest BCUT2D eigenvalue weighted by Gasteiger charge is 2.05. The van der Waals surface area contributed by atoms with Gasteiger partial charge in [-0.25, -0.2) is 5.43 Å². The lowest BCUT2D eigenvalue weighted by atomic mass is 10.2. The molecule has 2 aromatic rings. The normalized spacial score (nSPS) is 10.7. The number of anilines is 1. The number of nitrogens with one attached hydrogen (secondary N) is 2. The Morgan fingerprint density at radius 2 is 1.96 bits per heavy atom. The summed E-state index contributed by atoms with van der Waals surface area (Å²) in [6, 6.07) is 10.4. The molecule has 0 fully saturated rings. The number of nitrogens with zero attached hydrogens (tertiary/aromatic N) is 1. The number of carbonyl (C=O) groups excluding carboxylic acids is 1. The smallest absolute Gasteiger partial charge is 0.259 e. The van der Waals surface area contributed by atoms with Crippen molar-refractivity contribution >= 4 is 61.3 Å². The lowest BCUT2D eigenvalue weighted by Gasteiger charge is -2.05. The third-order valence-corrected chi connectivity index (χ3v) is 4.16. The van der Waals surface area contributed by atoms with E-state index in [2.05, 4.69) is 47.7 Å². The van der Waals surface area contributed by atoms with Crippen LogP contribution in [0.15, 0.2) is 50.4 Å². The van der Waals surface area contributed by atoms with Crippen molar-refractivity contribution < 1.29 is 9.90 Å². The number of carbonyl (C=O) groups is 1. The molecule has 0 radical (unpaired) electrons. The van der Waals surface area contributed by atoms with Crippen LogP contribution in [0.2, 0.25) is 5.02 Å². The van der Waals surface area contributed by atoms with Gasteiger partial charge in [0, 0.05) is 10.7 Å². The van der Waals surface area contributed by atoms with Crippen LogP contribution in [0.5, 0.6) is 5.75 Å². The van der Waals surface area contributed by atoms with Gasteiger partial charge in [-0.3, -0.25) is 4.79 Å². The molecule has 0 aliphatic rings. The molecule has 0 heterocycles. The van der Waals surface area contributed by atoms with Crippen LogP contribution >= 0.6 is 43.5 Å². The summed E-state index contributed by atoms with van der Waals surface area (Å²) in [7, 11) is 0. The van der Waals surface area contributed by atoms with E-state index in [1.165, 1.54) is 6.21 Å². The third kappa shape index (κ3) is 5.53. The number of rotatable bonds is 5. The largest absolute Gasteiger partial charge is 0.506 e. The van der Waals surface area contributed by atoms with E-state index in [9.17, 15) is 9.90 Å². The Hall–Kier alpha value is -1.57. The monoisotopic (exact) mass is 459 g/mol. The Labute approximate surface area is 155 Å². The van der Waals surface area contributed by atoms with Gasteiger partial charge in [0.25, 0.3) is 5.91 Å². The molecule has 0 atom stereocenters. The summed E-state index contributed by atoms with van der Waals surface area (Å²) in [4.78, 5) is 11.7. The van der Waals surface area contributed by atoms with E-state index in [0.29, 0.717) is 19.5 Å². The van der Waals surface area contributed by atoms with Crippen molar-refractivity contribution in [3.8, 4) is 5.75 Å². The molecule has 2 aromatic carbocycles. The Morgan fingerprint density at radius 1 is 1.26 bits per heavy atom. The molecule has 0 aliphatic heterocycles. The van der Waals surface area contributed by atoms with Gasteiger partial charge in [0.2, 0.25) is 0 Å². The van der Waals surface area contributed by atoms with Gasteiger partial charge < -0.3 is 10.4 Å². The van der Waals surface area contributed by atoms with Crippen LogP contribution in [0.25, 0.3) is 0 Å². The van der Waals surface area contributed by atoms with E-state index >= 15 is 0 Å². The molecule has 0 aliphatic carbocycles. The van der Waals surface area contributed by atoms with E-state index in [-0.39, 0.29) is 18.2 Å². The number of hydrogen-bond acceptors (Lipinski definition) is 4. The van der Waals surface area contributed by atoms with Crippen LogP contribution in [-0.4, -0.2) is 23.8 Å². The van der Waals surface area contributed by atoms with Crippen molar-refractivity contribution in [1.29, 1.82) is 0 Å². The Morgan fingerprint density at radius 3 is 2.61 bits per heavy atom. The van der Waals surface area contributed by atoms with Crippen molar-refractivity contribution in [3.63, 3.8) is 0 Å². The summed E-state index contributed by atoms with van der Waals surface area (Å²) in [6.45, 7) is 0.0701. The molecule has 8 heteroatoms. The fraction of sp³-hybridized carbons (Fsp3) is 0.0667. The zero-order valence-corrected chi connectivity index (χ0v) is 15.6. The molecule has 0 bridgehead atoms. The van der Waals surface area contributed by atoms with E-state index in [4.69, 9.17) is 11.6 Å². The summed E-state index contributed by atoms with van der Waals surface area (Å²) in [5.74, 6) is -0.185. The van der Waals surface area contributed by atoms with Gasteiger partial charge in [0.05, 0.1) is 21.7 Å². The highest BCUT2D eigenvalue weighted by molar-refractivity contribution is 9.11. The van der Waals surface area contributed by atoms with Crippen LogP contribution in [0, 0.1) is 0 Å². The first-order chi connectivity index (χ1) is 11.0. The van der Waals surface area contributed by atoms with Crippen LogP contribution in [-0.2, 0) is 4.79 Å². The summed E-state index contributed by atoms with van der Waals surface area (Å²) in [6.07, 6.45) is 1.48. The lowest BCUT2D eigenvalue weighted by Crippen LogP contribution is -2.25. The number of benzene rings is 2. The average Bonchev–Trinajstić information content (AvgIpc) is 2.50. The SMILES string of the molecule is O=C(CNc1cccc(Cl)c1)NN=Cc1cc(Br)c(O)c(Br)c1. The van der Waals surface area contributed by atoms with Crippen LogP contribution in [0.4, 0.5) is 5.69 Å². The molecule has 120 valence electrons. The molecular weight excluding hydrogens is 449 g/mol. The maximum absolute atomic E-state index is 11.7. The van der Waals surface area contributed by atoms with Gasteiger partial charge in [-0.2, -0.15) is 5.10 Å². The van der Waals surface area contributed by atoms with Crippen molar-refractivity contribution in [2.24, 2.45) is 5.10 Å². The standard InChI is InChI=1S/C15H12Br2ClN3O2/c16-12-4-9(5-13(17)15(12)23)7-20-21-14(22)8-19-11-3-1-2-10(18)6-11/h1-7,19,23H,8H2,(H,21,22). The lowest BCUT2D eigenvalue weighted by molar-refractivity contribution is -0.119. The number of amides is 1. The Bertz CT molecular complexity index is 730. The maximum Gasteiger partial charge on any atom is 0.259 e. The minimum Gasteiger partial charge on any atom is -0.506 e. The number of aromatic hydroxyl groups is 1. The van der Waals surface area contributed by atoms with Gasteiger partial charge in [0.15, 0.2) is 0 Å². The first-order valence-corrected chi connectivity index (χ1v) is 8.41. The number of hydrogen-bond donors (Lipinski definition) is 3. The van der Waals surface area contributed by atoms with E-state index in [1.54, 1.807) is 30.3 Å². The molecule has 3 N–H and O–H groups in total. The number of phenols is 1. The molecule has 0 saturated heterocycles. The first kappa shape index (κ1) is 17.8. The molecule has 0 saturated carbocycles. The summed E-state index contributed by atoms with van der Waals surface area (Å²) in [5.41, 5.74) is 3.88. The topological polar surface area (TPSA) is 73.7 Å². The molecule has 2 rings (SSSR count). The van der Waals surface area contributed by atoms with Gasteiger partial charge in [-0.05, 0) is 67.8 Å². The zero-order valence-electron chi connectivity index (χ0n) is 11.7. The fourth-order valence-corrected chi connectivity index (χ4v) is 3.07. The molecule has 0 aromatic heterocycles. The minimum absolute atomic E-state index is 0.0701. The molecular formula is C15H12Br2ClN3O2. The van der Waals surface area contributed by atoms with E-state index < -0.39 is 0 Å². The van der Waals surface area contributed by atoms with Crippen LogP contribution in [0.3, 0.4) is 0 Å². The average molecular weight is 462 g/mol. The molecule has 1 amide bonds. The zero-order chi connectivity index (χ0) is 16.8. The summed E-state index contributed by atoms with van der Waals surface area (Å²) < 4.78 is 1.06. The predicted molar refractivity (Wildman–Crippen MR) is 99.2 cm³/mol. The second-order valence-electron chi connectivity index (χ2n) is 4.49. The van der Waals surface area contributed by atoms with Crippen molar-refractivity contribution in [1.82, 2.24) is 5.43 Å². The van der Waals surface area contributed by atoms with Gasteiger partial charge >= 0.3 is 0 Å². The van der Waals surface area contributed by atoms with Crippen LogP contribution < -0.4 is 10.7 Å². The number of phenolic OH excluding ortho intramolecular Hbond substituents is 1. The first-order valence-electron chi connectivity index (χ1n) is 6.45. The highest BCUT2D eigenvalue weighted by atomic mass is 79.9. The predicted octanol–water partition coefficient (Wildman–Crippen LogP) is 4.13. The molecule has 5 nitrogen and oxygen atoms in total. The van der Waals surface area contributed by atoms with Crippen molar-refractivity contribution in [3.05, 3.63) is 55.9 Å². The van der Waals surface area contributed by atoms with Gasteiger partial charge in [-0.15, -0.1) is 0 Å². The second kappa shape index (κ2) is 8.33. The van der Waals surface area contributed by atoms with Crippen LogP contribution in [0.1, 0.15) is 5.56 Å². The number of halogens is 3. The number of hydrazone groups is 1. The Balaban J connectivity index is 1.86. The Kier molecular flexibility index (Phi) is 6.44. The minimum atomic E-state index is -0.293. The summed E-state index contributed by atoms with van der Waals surface area (Å²) in [5, 5.41) is 17.0. The van der Waals surface area contributed by atoms with Gasteiger partial charge in [-0.1, -0.05) is 17.7 Å². The molecule has 0 unspecified atom stereocenters. The van der Waals surface area contributed by atoms with Crippen molar-refractivity contribution in [2.45, 2.75) is 0 Å². The van der Waals surface area contributed by atoms with E-state index in [1.807, 2.05) is 6.07 Å². The van der Waals surface area contributed by atoms with Gasteiger partial charge in [0.1, 0.15) is 5.75 Å². The van der Waals surface area contributed by atoms with Crippen molar-refractivity contribution in [2.75, 3.05) is 11.9 Å². The third-order valence-electron chi connectivity index (χ3n) is 2.72. The van der Waals surface area contributed by atoms with E-state index in [0.717, 1.165) is 5.69 Å². The molecule has 0 spiro atoms. The maximum atomic E-state index is 11.7. The molecule has 23 heavy (non-hydrogen) atoms. The summed E-state index contributed by atoms with van der Waals surface area (Å²) >= 11 is 12.3. The second-order valence-corrected chi connectivity index (χ2v) is 6.64.